The zero-order chi connectivity index (χ0) is 10.6. The third-order valence-corrected chi connectivity index (χ3v) is 2.30. The summed E-state index contributed by atoms with van der Waals surface area (Å²) in [4.78, 5) is 2.27. The predicted octanol–water partition coefficient (Wildman–Crippen LogP) is 0.509. The van der Waals surface area contributed by atoms with Gasteiger partial charge in [-0.25, -0.2) is 0 Å². The molecule has 1 heterocycles. The summed E-state index contributed by atoms with van der Waals surface area (Å²) >= 11 is 0. The van der Waals surface area contributed by atoms with Crippen molar-refractivity contribution in [2.24, 2.45) is 12.8 Å². The number of rotatable bonds is 5. The molecule has 0 aliphatic carbocycles. The van der Waals surface area contributed by atoms with Crippen molar-refractivity contribution in [3.05, 3.63) is 17.5 Å². The lowest BCUT2D eigenvalue weighted by molar-refractivity contribution is 0.323. The first-order valence-corrected chi connectivity index (χ1v) is 5.01. The molecule has 80 valence electrons. The number of aryl methyl sites for hydroxylation is 2. The number of aromatic nitrogens is 2. The second-order valence-corrected chi connectivity index (χ2v) is 3.79. The van der Waals surface area contributed by atoms with Gasteiger partial charge in [-0.2, -0.15) is 5.10 Å². The van der Waals surface area contributed by atoms with Crippen LogP contribution in [0.15, 0.2) is 6.20 Å². The van der Waals surface area contributed by atoms with Gasteiger partial charge in [0.1, 0.15) is 0 Å². The quantitative estimate of drug-likeness (QED) is 0.746. The lowest BCUT2D eigenvalue weighted by atomic mass is 10.2. The Morgan fingerprint density at radius 3 is 2.79 bits per heavy atom. The second kappa shape index (κ2) is 5.12. The SMILES string of the molecule is Cc1nn(C)cc1CN(C)CCCN. The Morgan fingerprint density at radius 2 is 2.29 bits per heavy atom. The molecule has 1 aromatic heterocycles. The van der Waals surface area contributed by atoms with Crippen molar-refractivity contribution in [2.45, 2.75) is 19.9 Å². The van der Waals surface area contributed by atoms with Gasteiger partial charge < -0.3 is 10.6 Å². The van der Waals surface area contributed by atoms with E-state index in [1.165, 1.54) is 5.56 Å². The van der Waals surface area contributed by atoms with Crippen molar-refractivity contribution < 1.29 is 0 Å². The van der Waals surface area contributed by atoms with E-state index in [1.54, 1.807) is 0 Å². The van der Waals surface area contributed by atoms with Crippen LogP contribution in [-0.2, 0) is 13.6 Å². The normalized spacial score (nSPS) is 11.2. The van der Waals surface area contributed by atoms with Crippen LogP contribution in [0.4, 0.5) is 0 Å². The molecule has 0 bridgehead atoms. The van der Waals surface area contributed by atoms with E-state index < -0.39 is 0 Å². The minimum absolute atomic E-state index is 0.760. The van der Waals surface area contributed by atoms with Crippen LogP contribution in [0.1, 0.15) is 17.7 Å². The van der Waals surface area contributed by atoms with Crippen molar-refractivity contribution in [3.63, 3.8) is 0 Å². The van der Waals surface area contributed by atoms with Crippen LogP contribution < -0.4 is 5.73 Å². The Labute approximate surface area is 85.7 Å². The molecule has 14 heavy (non-hydrogen) atoms. The smallest absolute Gasteiger partial charge is 0.0638 e. The average Bonchev–Trinajstić information content (AvgIpc) is 2.42. The van der Waals surface area contributed by atoms with Gasteiger partial charge >= 0.3 is 0 Å². The van der Waals surface area contributed by atoms with Gasteiger partial charge in [0.15, 0.2) is 0 Å². The maximum Gasteiger partial charge on any atom is 0.0638 e. The predicted molar refractivity (Wildman–Crippen MR) is 58.0 cm³/mol. The van der Waals surface area contributed by atoms with Crippen molar-refractivity contribution in [3.8, 4) is 0 Å². The Morgan fingerprint density at radius 1 is 1.57 bits per heavy atom. The Bertz CT molecular complexity index is 280. The highest BCUT2D eigenvalue weighted by atomic mass is 15.3. The Kier molecular flexibility index (Phi) is 4.10. The van der Waals surface area contributed by atoms with Crippen LogP contribution in [0.25, 0.3) is 0 Å². The van der Waals surface area contributed by atoms with E-state index in [2.05, 4.69) is 23.2 Å². The van der Waals surface area contributed by atoms with Crippen molar-refractivity contribution >= 4 is 0 Å². The number of nitrogens with zero attached hydrogens (tertiary/aromatic N) is 3. The maximum atomic E-state index is 5.46. The molecular formula is C10H20N4. The summed E-state index contributed by atoms with van der Waals surface area (Å²) in [7, 11) is 4.07. The number of nitrogens with two attached hydrogens (primary N) is 1. The van der Waals surface area contributed by atoms with Gasteiger partial charge in [0.2, 0.25) is 0 Å². The van der Waals surface area contributed by atoms with Crippen LogP contribution in [0.3, 0.4) is 0 Å². The molecule has 0 radical (unpaired) electrons. The van der Waals surface area contributed by atoms with Gasteiger partial charge in [-0.05, 0) is 33.5 Å². The third-order valence-electron chi connectivity index (χ3n) is 2.30. The highest BCUT2D eigenvalue weighted by Gasteiger charge is 2.05. The van der Waals surface area contributed by atoms with Crippen molar-refractivity contribution in [1.29, 1.82) is 0 Å². The summed E-state index contributed by atoms with van der Waals surface area (Å²) in [6.45, 7) is 4.81. The zero-order valence-corrected chi connectivity index (χ0v) is 9.32. The first-order valence-electron chi connectivity index (χ1n) is 5.01. The van der Waals surface area contributed by atoms with Gasteiger partial charge in [-0.15, -0.1) is 0 Å². The highest BCUT2D eigenvalue weighted by Crippen LogP contribution is 2.07. The number of hydrogen-bond donors (Lipinski definition) is 1. The molecule has 0 spiro atoms. The first kappa shape index (κ1) is 11.2. The Balaban J connectivity index is 2.47. The largest absolute Gasteiger partial charge is 0.330 e. The van der Waals surface area contributed by atoms with E-state index in [1.807, 2.05) is 18.7 Å². The molecule has 0 amide bonds. The molecule has 0 aromatic carbocycles. The average molecular weight is 196 g/mol. The summed E-state index contributed by atoms with van der Waals surface area (Å²) in [6.07, 6.45) is 3.13. The summed E-state index contributed by atoms with van der Waals surface area (Å²) in [5, 5.41) is 4.31. The van der Waals surface area contributed by atoms with E-state index in [-0.39, 0.29) is 0 Å². The monoisotopic (exact) mass is 196 g/mol. The molecule has 0 saturated carbocycles. The van der Waals surface area contributed by atoms with Crippen LogP contribution in [0, 0.1) is 6.92 Å². The fraction of sp³-hybridized carbons (Fsp3) is 0.700. The number of hydrogen-bond acceptors (Lipinski definition) is 3. The molecule has 1 aromatic rings. The summed E-state index contributed by atoms with van der Waals surface area (Å²) in [6, 6.07) is 0. The van der Waals surface area contributed by atoms with Gasteiger partial charge in [-0.3, -0.25) is 4.68 Å². The van der Waals surface area contributed by atoms with E-state index in [9.17, 15) is 0 Å². The van der Waals surface area contributed by atoms with E-state index >= 15 is 0 Å². The van der Waals surface area contributed by atoms with Crippen molar-refractivity contribution in [2.75, 3.05) is 20.1 Å². The van der Waals surface area contributed by atoms with Gasteiger partial charge in [0.25, 0.3) is 0 Å². The van der Waals surface area contributed by atoms with Crippen LogP contribution in [0.2, 0.25) is 0 Å². The summed E-state index contributed by atoms with van der Waals surface area (Å²) in [5.41, 5.74) is 7.88. The highest BCUT2D eigenvalue weighted by molar-refractivity contribution is 5.14. The van der Waals surface area contributed by atoms with Crippen LogP contribution in [0.5, 0.6) is 0 Å². The molecule has 4 heteroatoms. The summed E-state index contributed by atoms with van der Waals surface area (Å²) < 4.78 is 1.86. The van der Waals surface area contributed by atoms with Crippen LogP contribution in [-0.4, -0.2) is 34.8 Å². The maximum absolute atomic E-state index is 5.46. The topological polar surface area (TPSA) is 47.1 Å². The molecule has 1 rings (SSSR count). The lowest BCUT2D eigenvalue weighted by Gasteiger charge is -2.15. The standard InChI is InChI=1S/C10H20N4/c1-9-10(8-14(3)12-9)7-13(2)6-4-5-11/h8H,4-7,11H2,1-3H3. The molecular weight excluding hydrogens is 176 g/mol. The molecule has 4 nitrogen and oxygen atoms in total. The van der Waals surface area contributed by atoms with Gasteiger partial charge in [-0.1, -0.05) is 0 Å². The Hall–Kier alpha value is -0.870. The van der Waals surface area contributed by atoms with E-state index in [0.29, 0.717) is 0 Å². The molecule has 0 aliphatic heterocycles. The van der Waals surface area contributed by atoms with Crippen molar-refractivity contribution in [1.82, 2.24) is 14.7 Å². The molecule has 0 unspecified atom stereocenters. The third kappa shape index (κ3) is 3.12. The molecule has 0 aliphatic rings. The zero-order valence-electron chi connectivity index (χ0n) is 9.32. The van der Waals surface area contributed by atoms with E-state index in [4.69, 9.17) is 5.73 Å². The van der Waals surface area contributed by atoms with E-state index in [0.717, 1.165) is 31.7 Å². The fourth-order valence-corrected chi connectivity index (χ4v) is 1.53. The van der Waals surface area contributed by atoms with Gasteiger partial charge in [0.05, 0.1) is 5.69 Å². The lowest BCUT2D eigenvalue weighted by Crippen LogP contribution is -2.21. The van der Waals surface area contributed by atoms with Gasteiger partial charge in [0, 0.05) is 25.4 Å². The second-order valence-electron chi connectivity index (χ2n) is 3.79. The minimum atomic E-state index is 0.760. The fourth-order valence-electron chi connectivity index (χ4n) is 1.53. The van der Waals surface area contributed by atoms with Crippen LogP contribution >= 0.6 is 0 Å². The summed E-state index contributed by atoms with van der Waals surface area (Å²) in [5.74, 6) is 0. The first-order chi connectivity index (χ1) is 6.63. The molecule has 0 saturated heterocycles. The molecule has 0 fully saturated rings. The molecule has 0 atom stereocenters. The minimum Gasteiger partial charge on any atom is -0.330 e. The molecule has 2 N–H and O–H groups in total.